The monoisotopic (exact) mass is 408 g/mol. The maximum Gasteiger partial charge on any atom is 0.119 e. The average Bonchev–Trinajstić information content (AvgIpc) is 3.51. The van der Waals surface area contributed by atoms with Crippen LogP contribution in [0.25, 0.3) is 0 Å². The summed E-state index contributed by atoms with van der Waals surface area (Å²) in [4.78, 5) is 0. The van der Waals surface area contributed by atoms with Crippen molar-refractivity contribution in [2.75, 3.05) is 34.3 Å². The first kappa shape index (κ1) is 22.9. The third kappa shape index (κ3) is 6.11. The molecule has 2 atom stereocenters. The lowest BCUT2D eigenvalue weighted by Gasteiger charge is -2.24. The summed E-state index contributed by atoms with van der Waals surface area (Å²) in [5, 5.41) is 0. The molecule has 164 valence electrons. The lowest BCUT2D eigenvalue weighted by atomic mass is 9.83. The van der Waals surface area contributed by atoms with Gasteiger partial charge in [-0.25, -0.2) is 0 Å². The van der Waals surface area contributed by atoms with Crippen LogP contribution in [0.1, 0.15) is 81.4 Å². The maximum absolute atomic E-state index is 5.97. The van der Waals surface area contributed by atoms with Crippen molar-refractivity contribution in [1.82, 2.24) is 0 Å². The zero-order chi connectivity index (χ0) is 21.8. The molecule has 1 aliphatic carbocycles. The van der Waals surface area contributed by atoms with Crippen molar-refractivity contribution in [2.24, 2.45) is 0 Å². The topological polar surface area (TPSA) is 9.23 Å². The first-order valence-electron chi connectivity index (χ1n) is 11.9. The molecule has 2 unspecified atom stereocenters. The summed E-state index contributed by atoms with van der Waals surface area (Å²) in [6, 6.07) is 18.3. The Bertz CT molecular complexity index is 781. The summed E-state index contributed by atoms with van der Waals surface area (Å²) in [5.41, 5.74) is 4.80. The summed E-state index contributed by atoms with van der Waals surface area (Å²) >= 11 is 0. The van der Waals surface area contributed by atoms with Gasteiger partial charge in [0.2, 0.25) is 0 Å². The predicted octanol–water partition coefficient (Wildman–Crippen LogP) is 6.90. The van der Waals surface area contributed by atoms with Crippen LogP contribution in [0.4, 0.5) is 0 Å². The maximum atomic E-state index is 5.97. The number of hydrogen-bond acceptors (Lipinski definition) is 1. The number of rotatable bonds is 11. The van der Waals surface area contributed by atoms with Crippen LogP contribution in [0.5, 0.6) is 5.75 Å². The highest BCUT2D eigenvalue weighted by atomic mass is 16.5. The smallest absolute Gasteiger partial charge is 0.119 e. The van der Waals surface area contributed by atoms with E-state index in [0.29, 0.717) is 17.3 Å². The lowest BCUT2D eigenvalue weighted by Crippen LogP contribution is -2.35. The molecule has 0 N–H and O–H groups in total. The number of nitrogens with zero attached hydrogens (tertiary/aromatic N) is 1. The molecule has 30 heavy (non-hydrogen) atoms. The standard InChI is InChI=1S/C28H42NO/c1-7-22(2)24-9-11-25(12-10-24)23(3)21-28(17-18-28)26-13-15-27(16-14-26)30-20-8-19-29(4,5)6/h9-16,22-23H,7-8,17-21H2,1-6H3/q+1. The van der Waals surface area contributed by atoms with Crippen LogP contribution >= 0.6 is 0 Å². The van der Waals surface area contributed by atoms with Crippen molar-refractivity contribution >= 4 is 0 Å². The van der Waals surface area contributed by atoms with E-state index in [4.69, 9.17) is 4.74 Å². The molecular weight excluding hydrogens is 366 g/mol. The Hall–Kier alpha value is -1.80. The van der Waals surface area contributed by atoms with Gasteiger partial charge in [-0.15, -0.1) is 0 Å². The minimum Gasteiger partial charge on any atom is -0.493 e. The number of ether oxygens (including phenoxy) is 1. The van der Waals surface area contributed by atoms with Gasteiger partial charge < -0.3 is 9.22 Å². The van der Waals surface area contributed by atoms with Crippen molar-refractivity contribution in [1.29, 1.82) is 0 Å². The van der Waals surface area contributed by atoms with Crippen LogP contribution in [-0.2, 0) is 5.41 Å². The van der Waals surface area contributed by atoms with Gasteiger partial charge in [0, 0.05) is 6.42 Å². The van der Waals surface area contributed by atoms with Crippen molar-refractivity contribution in [2.45, 2.75) is 70.1 Å². The Morgan fingerprint density at radius 1 is 0.867 bits per heavy atom. The Balaban J connectivity index is 1.55. The normalized spacial score (nSPS) is 17.4. The Morgan fingerprint density at radius 3 is 1.93 bits per heavy atom. The Labute approximate surface area is 184 Å². The van der Waals surface area contributed by atoms with E-state index >= 15 is 0 Å². The average molecular weight is 409 g/mol. The van der Waals surface area contributed by atoms with E-state index < -0.39 is 0 Å². The molecule has 1 aliphatic rings. The molecule has 2 nitrogen and oxygen atoms in total. The highest BCUT2D eigenvalue weighted by Gasteiger charge is 2.44. The minimum absolute atomic E-state index is 0.372. The van der Waals surface area contributed by atoms with E-state index in [1.807, 2.05) is 0 Å². The van der Waals surface area contributed by atoms with Gasteiger partial charge in [-0.3, -0.25) is 0 Å². The molecule has 0 spiro atoms. The summed E-state index contributed by atoms with van der Waals surface area (Å²) in [5.74, 6) is 2.24. The van der Waals surface area contributed by atoms with E-state index in [0.717, 1.165) is 29.8 Å². The third-order valence-corrected chi connectivity index (χ3v) is 6.95. The molecule has 0 saturated heterocycles. The molecule has 2 aromatic carbocycles. The first-order valence-corrected chi connectivity index (χ1v) is 11.9. The highest BCUT2D eigenvalue weighted by Crippen LogP contribution is 2.54. The fourth-order valence-electron chi connectivity index (χ4n) is 4.49. The van der Waals surface area contributed by atoms with E-state index in [9.17, 15) is 0 Å². The molecule has 0 heterocycles. The predicted molar refractivity (Wildman–Crippen MR) is 129 cm³/mol. The fraction of sp³-hybridized carbons (Fsp3) is 0.571. The quantitative estimate of drug-likeness (QED) is 0.290. The molecule has 0 aliphatic heterocycles. The van der Waals surface area contributed by atoms with E-state index in [1.54, 1.807) is 0 Å². The molecule has 0 amide bonds. The van der Waals surface area contributed by atoms with E-state index in [1.165, 1.54) is 42.4 Å². The van der Waals surface area contributed by atoms with Crippen LogP contribution in [0.3, 0.4) is 0 Å². The largest absolute Gasteiger partial charge is 0.493 e. The SMILES string of the molecule is CCC(C)c1ccc(C(C)CC2(c3ccc(OCCC[N+](C)(C)C)cc3)CC2)cc1. The molecule has 0 aromatic heterocycles. The molecule has 2 aromatic rings. The van der Waals surface area contributed by atoms with Gasteiger partial charge in [0.25, 0.3) is 0 Å². The van der Waals surface area contributed by atoms with Gasteiger partial charge in [0.1, 0.15) is 5.75 Å². The Morgan fingerprint density at radius 2 is 1.43 bits per heavy atom. The molecular formula is C28H42NO+. The fourth-order valence-corrected chi connectivity index (χ4v) is 4.49. The van der Waals surface area contributed by atoms with Gasteiger partial charge in [-0.1, -0.05) is 57.2 Å². The zero-order valence-corrected chi connectivity index (χ0v) is 20.1. The van der Waals surface area contributed by atoms with Gasteiger partial charge in [0.15, 0.2) is 0 Å². The Kier molecular flexibility index (Phi) is 7.29. The molecule has 0 radical (unpaired) electrons. The van der Waals surface area contributed by atoms with Gasteiger partial charge in [0.05, 0.1) is 34.3 Å². The second kappa shape index (κ2) is 9.56. The van der Waals surface area contributed by atoms with Crippen LogP contribution in [0, 0.1) is 0 Å². The molecule has 2 heteroatoms. The number of benzene rings is 2. The van der Waals surface area contributed by atoms with Crippen LogP contribution < -0.4 is 4.74 Å². The lowest BCUT2D eigenvalue weighted by molar-refractivity contribution is -0.870. The van der Waals surface area contributed by atoms with Crippen LogP contribution in [-0.4, -0.2) is 38.8 Å². The van der Waals surface area contributed by atoms with Crippen molar-refractivity contribution in [3.8, 4) is 5.75 Å². The van der Waals surface area contributed by atoms with E-state index in [-0.39, 0.29) is 0 Å². The van der Waals surface area contributed by atoms with Gasteiger partial charge in [-0.05, 0) is 71.8 Å². The molecule has 3 rings (SSSR count). The van der Waals surface area contributed by atoms with Crippen molar-refractivity contribution in [3.63, 3.8) is 0 Å². The summed E-state index contributed by atoms with van der Waals surface area (Å²) < 4.78 is 6.96. The van der Waals surface area contributed by atoms with Crippen LogP contribution in [0.15, 0.2) is 48.5 Å². The van der Waals surface area contributed by atoms with Gasteiger partial charge in [-0.2, -0.15) is 0 Å². The van der Waals surface area contributed by atoms with Gasteiger partial charge >= 0.3 is 0 Å². The van der Waals surface area contributed by atoms with Crippen molar-refractivity contribution < 1.29 is 9.22 Å². The molecule has 0 bridgehead atoms. The summed E-state index contributed by atoms with van der Waals surface area (Å²) in [6.07, 6.45) is 6.15. The molecule has 1 fully saturated rings. The molecule has 1 saturated carbocycles. The van der Waals surface area contributed by atoms with E-state index in [2.05, 4.69) is 90.4 Å². The number of hydrogen-bond donors (Lipinski definition) is 0. The summed E-state index contributed by atoms with van der Waals surface area (Å²) in [6.45, 7) is 8.90. The number of quaternary nitrogens is 1. The summed E-state index contributed by atoms with van der Waals surface area (Å²) in [7, 11) is 6.68. The minimum atomic E-state index is 0.372. The highest BCUT2D eigenvalue weighted by molar-refractivity contribution is 5.37. The third-order valence-electron chi connectivity index (χ3n) is 6.95. The second-order valence-electron chi connectivity index (χ2n) is 10.6. The second-order valence-corrected chi connectivity index (χ2v) is 10.6. The van der Waals surface area contributed by atoms with Crippen LogP contribution in [0.2, 0.25) is 0 Å². The zero-order valence-electron chi connectivity index (χ0n) is 20.1. The van der Waals surface area contributed by atoms with Crippen molar-refractivity contribution in [3.05, 3.63) is 65.2 Å². The first-order chi connectivity index (χ1) is 14.2.